The highest BCUT2D eigenvalue weighted by Gasteiger charge is 2.31. The second kappa shape index (κ2) is 5.91. The molecule has 0 radical (unpaired) electrons. The monoisotopic (exact) mass is 265 g/mol. The number of benzene rings is 1. The zero-order valence-electron chi connectivity index (χ0n) is 12.2. The molecule has 1 aliphatic rings. The van der Waals surface area contributed by atoms with Gasteiger partial charge in [-0.1, -0.05) is 19.9 Å². The van der Waals surface area contributed by atoms with E-state index in [1.807, 2.05) is 6.07 Å². The van der Waals surface area contributed by atoms with Gasteiger partial charge in [0.2, 0.25) is 0 Å². The highest BCUT2D eigenvalue weighted by molar-refractivity contribution is 5.30. The number of methoxy groups -OCH3 is 1. The van der Waals surface area contributed by atoms with E-state index in [0.717, 1.165) is 17.4 Å². The van der Waals surface area contributed by atoms with E-state index in [2.05, 4.69) is 26.1 Å². The molecule has 0 amide bonds. The number of hydrogen-bond donors (Lipinski definition) is 1. The molecule has 1 N–H and O–H groups in total. The Morgan fingerprint density at radius 2 is 1.95 bits per heavy atom. The van der Waals surface area contributed by atoms with Crippen LogP contribution < -0.4 is 10.1 Å². The van der Waals surface area contributed by atoms with Gasteiger partial charge in [0.15, 0.2) is 11.6 Å². The van der Waals surface area contributed by atoms with Gasteiger partial charge in [0, 0.05) is 12.1 Å². The number of rotatable bonds is 5. The topological polar surface area (TPSA) is 21.3 Å². The van der Waals surface area contributed by atoms with E-state index in [0.29, 0.717) is 11.8 Å². The Balaban J connectivity index is 1.90. The van der Waals surface area contributed by atoms with Gasteiger partial charge in [-0.3, -0.25) is 0 Å². The van der Waals surface area contributed by atoms with Crippen molar-refractivity contribution in [3.8, 4) is 5.75 Å². The third kappa shape index (κ3) is 3.27. The molecule has 0 aliphatic heterocycles. The van der Waals surface area contributed by atoms with Crippen LogP contribution >= 0.6 is 0 Å². The van der Waals surface area contributed by atoms with Crippen molar-refractivity contribution >= 4 is 0 Å². The molecule has 1 aliphatic carbocycles. The first kappa shape index (κ1) is 14.3. The van der Waals surface area contributed by atoms with Crippen LogP contribution in [0.1, 0.15) is 45.2 Å². The summed E-state index contributed by atoms with van der Waals surface area (Å²) in [5.74, 6) is 1.63. The minimum atomic E-state index is -0.290. The SMILES string of the molecule is COc1ccc(C(C)NC2CC(C(C)C)C2)cc1F. The molecule has 19 heavy (non-hydrogen) atoms. The molecule has 1 saturated carbocycles. The van der Waals surface area contributed by atoms with E-state index in [9.17, 15) is 4.39 Å². The summed E-state index contributed by atoms with van der Waals surface area (Å²) in [4.78, 5) is 0. The molecule has 0 aromatic heterocycles. The van der Waals surface area contributed by atoms with Crippen molar-refractivity contribution in [1.82, 2.24) is 5.32 Å². The van der Waals surface area contributed by atoms with Gasteiger partial charge in [-0.25, -0.2) is 4.39 Å². The van der Waals surface area contributed by atoms with Gasteiger partial charge in [-0.2, -0.15) is 0 Å². The molecule has 1 aromatic carbocycles. The largest absolute Gasteiger partial charge is 0.494 e. The van der Waals surface area contributed by atoms with Crippen LogP contribution in [0, 0.1) is 17.7 Å². The molecule has 1 atom stereocenters. The van der Waals surface area contributed by atoms with Gasteiger partial charge in [-0.15, -0.1) is 0 Å². The van der Waals surface area contributed by atoms with E-state index < -0.39 is 0 Å². The summed E-state index contributed by atoms with van der Waals surface area (Å²) in [5, 5.41) is 3.57. The minimum Gasteiger partial charge on any atom is -0.494 e. The quantitative estimate of drug-likeness (QED) is 0.871. The maximum Gasteiger partial charge on any atom is 0.165 e. The zero-order valence-corrected chi connectivity index (χ0v) is 12.2. The van der Waals surface area contributed by atoms with E-state index in [1.165, 1.54) is 20.0 Å². The van der Waals surface area contributed by atoms with Crippen molar-refractivity contribution in [2.75, 3.05) is 7.11 Å². The second-order valence-electron chi connectivity index (χ2n) is 5.95. The minimum absolute atomic E-state index is 0.179. The summed E-state index contributed by atoms with van der Waals surface area (Å²) in [6.07, 6.45) is 2.47. The molecule has 1 unspecified atom stereocenters. The Kier molecular flexibility index (Phi) is 4.46. The summed E-state index contributed by atoms with van der Waals surface area (Å²) in [6.45, 7) is 6.65. The highest BCUT2D eigenvalue weighted by atomic mass is 19.1. The first-order valence-corrected chi connectivity index (χ1v) is 7.10. The third-order valence-corrected chi connectivity index (χ3v) is 4.28. The van der Waals surface area contributed by atoms with Crippen molar-refractivity contribution < 1.29 is 9.13 Å². The Bertz CT molecular complexity index is 427. The molecule has 1 aromatic rings. The molecule has 2 rings (SSSR count). The van der Waals surface area contributed by atoms with Gasteiger partial charge in [0.05, 0.1) is 7.11 Å². The third-order valence-electron chi connectivity index (χ3n) is 4.28. The first-order chi connectivity index (χ1) is 9.01. The van der Waals surface area contributed by atoms with Crippen molar-refractivity contribution in [1.29, 1.82) is 0 Å². The van der Waals surface area contributed by atoms with Crippen LogP contribution in [0.25, 0.3) is 0 Å². The standard InChI is InChI=1S/C16H24FNO/c1-10(2)13-7-14(8-13)18-11(3)12-5-6-16(19-4)15(17)9-12/h5-6,9-11,13-14,18H,7-8H2,1-4H3. The molecule has 106 valence electrons. The summed E-state index contributed by atoms with van der Waals surface area (Å²) in [7, 11) is 1.49. The van der Waals surface area contributed by atoms with Crippen LogP contribution in [0.5, 0.6) is 5.75 Å². The molecule has 0 bridgehead atoms. The zero-order chi connectivity index (χ0) is 14.0. The van der Waals surface area contributed by atoms with Crippen LogP contribution in [0.4, 0.5) is 4.39 Å². The van der Waals surface area contributed by atoms with Gasteiger partial charge in [0.25, 0.3) is 0 Å². The molecule has 3 heteroatoms. The molecule has 0 heterocycles. The molecule has 1 fully saturated rings. The second-order valence-corrected chi connectivity index (χ2v) is 5.95. The van der Waals surface area contributed by atoms with Gasteiger partial charge < -0.3 is 10.1 Å². The Labute approximate surface area is 115 Å². The molecular weight excluding hydrogens is 241 g/mol. The van der Waals surface area contributed by atoms with Crippen LogP contribution in [0.15, 0.2) is 18.2 Å². The molecule has 0 spiro atoms. The Morgan fingerprint density at radius 3 is 2.47 bits per heavy atom. The maximum absolute atomic E-state index is 13.7. The average Bonchev–Trinajstić information content (AvgIpc) is 2.32. The van der Waals surface area contributed by atoms with Crippen molar-refractivity contribution in [2.45, 2.75) is 45.7 Å². The smallest absolute Gasteiger partial charge is 0.165 e. The Hall–Kier alpha value is -1.09. The summed E-state index contributed by atoms with van der Waals surface area (Å²) < 4.78 is 18.6. The predicted molar refractivity (Wildman–Crippen MR) is 75.9 cm³/mol. The van der Waals surface area contributed by atoms with Crippen LogP contribution in [0.2, 0.25) is 0 Å². The van der Waals surface area contributed by atoms with Crippen molar-refractivity contribution in [3.63, 3.8) is 0 Å². The van der Waals surface area contributed by atoms with Crippen molar-refractivity contribution in [3.05, 3.63) is 29.6 Å². The van der Waals surface area contributed by atoms with E-state index in [-0.39, 0.29) is 11.9 Å². The van der Waals surface area contributed by atoms with E-state index in [1.54, 1.807) is 12.1 Å². The number of halogens is 1. The summed E-state index contributed by atoms with van der Waals surface area (Å²) >= 11 is 0. The number of nitrogens with one attached hydrogen (secondary N) is 1. The lowest BCUT2D eigenvalue weighted by Gasteiger charge is -2.40. The van der Waals surface area contributed by atoms with Gasteiger partial charge in [-0.05, 0) is 49.3 Å². The fourth-order valence-electron chi connectivity index (χ4n) is 2.74. The predicted octanol–water partition coefficient (Wildman–Crippen LogP) is 3.92. The van der Waals surface area contributed by atoms with Crippen LogP contribution in [-0.4, -0.2) is 13.2 Å². The normalized spacial score (nSPS) is 24.1. The fraction of sp³-hybridized carbons (Fsp3) is 0.625. The molecule has 0 saturated heterocycles. The summed E-state index contributed by atoms with van der Waals surface area (Å²) in [6, 6.07) is 5.94. The lowest BCUT2D eigenvalue weighted by molar-refractivity contribution is 0.159. The first-order valence-electron chi connectivity index (χ1n) is 7.10. The van der Waals surface area contributed by atoms with Gasteiger partial charge in [0.1, 0.15) is 0 Å². The number of hydrogen-bond acceptors (Lipinski definition) is 2. The van der Waals surface area contributed by atoms with E-state index in [4.69, 9.17) is 4.74 Å². The van der Waals surface area contributed by atoms with Crippen LogP contribution in [-0.2, 0) is 0 Å². The Morgan fingerprint density at radius 1 is 1.26 bits per heavy atom. The summed E-state index contributed by atoms with van der Waals surface area (Å²) in [5.41, 5.74) is 0.978. The van der Waals surface area contributed by atoms with E-state index >= 15 is 0 Å². The lowest BCUT2D eigenvalue weighted by Crippen LogP contribution is -2.44. The lowest BCUT2D eigenvalue weighted by atomic mass is 9.73. The molecular formula is C16H24FNO. The highest BCUT2D eigenvalue weighted by Crippen LogP contribution is 2.35. The maximum atomic E-state index is 13.7. The number of ether oxygens (including phenoxy) is 1. The molecule has 2 nitrogen and oxygen atoms in total. The average molecular weight is 265 g/mol. The fourth-order valence-corrected chi connectivity index (χ4v) is 2.74. The van der Waals surface area contributed by atoms with Crippen LogP contribution in [0.3, 0.4) is 0 Å². The van der Waals surface area contributed by atoms with Gasteiger partial charge >= 0.3 is 0 Å². The van der Waals surface area contributed by atoms with Crippen molar-refractivity contribution in [2.24, 2.45) is 11.8 Å².